The number of hydrogen-bond donors (Lipinski definition) is 2. The van der Waals surface area contributed by atoms with Gasteiger partial charge in [-0.05, 0) is 30.3 Å². The Morgan fingerprint density at radius 3 is 2.62 bits per heavy atom. The van der Waals surface area contributed by atoms with E-state index in [4.69, 9.17) is 16.3 Å². The third kappa shape index (κ3) is 3.52. The molecule has 0 saturated heterocycles. The van der Waals surface area contributed by atoms with E-state index in [2.05, 4.69) is 15.8 Å². The Balaban J connectivity index is 1.72. The average molecular weight is 348 g/mol. The molecule has 1 aliphatic heterocycles. The number of nitrogens with zero attached hydrogens (tertiary/aromatic N) is 1. The SMILES string of the molecule is O=C1NN=C(c2ccc(NC(=O)c3ccc(Cl)cc3F)cc2)CO1. The number of ether oxygens (including phenoxy) is 1. The van der Waals surface area contributed by atoms with Gasteiger partial charge in [0.1, 0.15) is 18.1 Å². The summed E-state index contributed by atoms with van der Waals surface area (Å²) in [7, 11) is 0. The van der Waals surface area contributed by atoms with Gasteiger partial charge in [-0.2, -0.15) is 5.10 Å². The zero-order chi connectivity index (χ0) is 17.1. The van der Waals surface area contributed by atoms with Crippen LogP contribution in [0, 0.1) is 5.82 Å². The number of halogens is 2. The van der Waals surface area contributed by atoms with E-state index in [1.165, 1.54) is 12.1 Å². The van der Waals surface area contributed by atoms with Crippen LogP contribution in [0.5, 0.6) is 0 Å². The minimum atomic E-state index is -0.693. The Kier molecular flexibility index (Phi) is 4.43. The van der Waals surface area contributed by atoms with E-state index in [0.29, 0.717) is 11.4 Å². The first-order chi connectivity index (χ1) is 11.5. The molecule has 0 fully saturated rings. The lowest BCUT2D eigenvalue weighted by Gasteiger charge is -2.13. The van der Waals surface area contributed by atoms with Gasteiger partial charge in [0.15, 0.2) is 0 Å². The number of hydrazone groups is 1. The van der Waals surface area contributed by atoms with Gasteiger partial charge in [0.2, 0.25) is 0 Å². The molecule has 0 spiro atoms. The average Bonchev–Trinajstić information content (AvgIpc) is 2.56. The molecule has 2 aromatic rings. The summed E-state index contributed by atoms with van der Waals surface area (Å²) in [5, 5.41) is 6.69. The Morgan fingerprint density at radius 2 is 2.00 bits per heavy atom. The van der Waals surface area contributed by atoms with E-state index in [-0.39, 0.29) is 17.2 Å². The first-order valence-corrected chi connectivity index (χ1v) is 7.27. The van der Waals surface area contributed by atoms with Gasteiger partial charge in [0, 0.05) is 16.3 Å². The Morgan fingerprint density at radius 1 is 1.25 bits per heavy atom. The van der Waals surface area contributed by atoms with Crippen LogP contribution in [-0.4, -0.2) is 24.3 Å². The van der Waals surface area contributed by atoms with Crippen molar-refractivity contribution >= 4 is 35.0 Å². The molecule has 0 unspecified atom stereocenters. The maximum atomic E-state index is 13.7. The highest BCUT2D eigenvalue weighted by Gasteiger charge is 2.15. The Hall–Kier alpha value is -2.93. The maximum Gasteiger partial charge on any atom is 0.428 e. The molecule has 3 rings (SSSR count). The van der Waals surface area contributed by atoms with Gasteiger partial charge in [0.25, 0.3) is 5.91 Å². The molecule has 0 saturated carbocycles. The van der Waals surface area contributed by atoms with Crippen molar-refractivity contribution in [2.45, 2.75) is 0 Å². The fourth-order valence-electron chi connectivity index (χ4n) is 2.08. The Bertz CT molecular complexity index is 837. The van der Waals surface area contributed by atoms with E-state index in [1.54, 1.807) is 24.3 Å². The molecule has 2 amide bonds. The standard InChI is InChI=1S/C16H11ClFN3O3/c17-10-3-6-12(13(18)7-10)15(22)19-11-4-1-9(2-5-11)14-8-24-16(23)21-20-14/h1-7H,8H2,(H,19,22)(H,21,23). The van der Waals surface area contributed by atoms with Crippen molar-refractivity contribution in [3.8, 4) is 0 Å². The predicted molar refractivity (Wildman–Crippen MR) is 86.8 cm³/mol. The van der Waals surface area contributed by atoms with Gasteiger partial charge in [-0.25, -0.2) is 14.6 Å². The lowest BCUT2D eigenvalue weighted by Crippen LogP contribution is -2.30. The summed E-state index contributed by atoms with van der Waals surface area (Å²) in [6, 6.07) is 10.5. The van der Waals surface area contributed by atoms with Crippen molar-refractivity contribution in [2.75, 3.05) is 11.9 Å². The van der Waals surface area contributed by atoms with Crippen LogP contribution in [-0.2, 0) is 4.74 Å². The molecule has 0 atom stereocenters. The molecule has 2 N–H and O–H groups in total. The van der Waals surface area contributed by atoms with Crippen LogP contribution >= 0.6 is 11.6 Å². The van der Waals surface area contributed by atoms with Crippen molar-refractivity contribution in [3.63, 3.8) is 0 Å². The summed E-state index contributed by atoms with van der Waals surface area (Å²) in [4.78, 5) is 23.0. The molecule has 122 valence electrons. The number of carbonyl (C=O) groups excluding carboxylic acids is 2. The third-order valence-corrected chi connectivity index (χ3v) is 3.51. The molecule has 0 radical (unpaired) electrons. The molecule has 1 aliphatic rings. The highest BCUT2D eigenvalue weighted by atomic mass is 35.5. The molecule has 2 aromatic carbocycles. The summed E-state index contributed by atoms with van der Waals surface area (Å²) in [5.41, 5.74) is 3.88. The smallest absolute Gasteiger partial charge is 0.428 e. The zero-order valence-corrected chi connectivity index (χ0v) is 12.9. The molecular formula is C16H11ClFN3O3. The number of anilines is 1. The minimum absolute atomic E-state index is 0.0630. The normalized spacial score (nSPS) is 13.6. The number of amides is 2. The third-order valence-electron chi connectivity index (χ3n) is 3.27. The van der Waals surface area contributed by atoms with Crippen molar-refractivity contribution in [2.24, 2.45) is 5.10 Å². The van der Waals surface area contributed by atoms with Crippen LogP contribution in [0.2, 0.25) is 5.02 Å². The van der Waals surface area contributed by atoms with Gasteiger partial charge in [0.05, 0.1) is 5.56 Å². The van der Waals surface area contributed by atoms with Crippen molar-refractivity contribution in [3.05, 3.63) is 64.4 Å². The summed E-state index contributed by atoms with van der Waals surface area (Å²) in [6.07, 6.45) is -0.604. The quantitative estimate of drug-likeness (QED) is 0.895. The second-order valence-electron chi connectivity index (χ2n) is 4.90. The first-order valence-electron chi connectivity index (χ1n) is 6.89. The fraction of sp³-hybridized carbons (Fsp3) is 0.0625. The van der Waals surface area contributed by atoms with Gasteiger partial charge in [-0.15, -0.1) is 0 Å². The molecule has 0 aromatic heterocycles. The van der Waals surface area contributed by atoms with Crippen LogP contribution in [0.15, 0.2) is 47.6 Å². The van der Waals surface area contributed by atoms with Crippen molar-refractivity contribution < 1.29 is 18.7 Å². The molecule has 0 bridgehead atoms. The molecule has 24 heavy (non-hydrogen) atoms. The van der Waals surface area contributed by atoms with E-state index >= 15 is 0 Å². The first kappa shape index (κ1) is 15.9. The number of hydrogen-bond acceptors (Lipinski definition) is 4. The molecule has 6 nitrogen and oxygen atoms in total. The maximum absolute atomic E-state index is 13.7. The predicted octanol–water partition coefficient (Wildman–Crippen LogP) is 3.18. The van der Waals surface area contributed by atoms with E-state index in [9.17, 15) is 14.0 Å². The van der Waals surface area contributed by atoms with Crippen LogP contribution in [0.25, 0.3) is 0 Å². The van der Waals surface area contributed by atoms with Crippen LogP contribution in [0.1, 0.15) is 15.9 Å². The van der Waals surface area contributed by atoms with E-state index in [1.807, 2.05) is 0 Å². The number of benzene rings is 2. The lowest BCUT2D eigenvalue weighted by atomic mass is 10.1. The van der Waals surface area contributed by atoms with Crippen LogP contribution in [0.3, 0.4) is 0 Å². The molecule has 0 aliphatic carbocycles. The minimum Gasteiger partial charge on any atom is -0.442 e. The Labute approximate surface area is 141 Å². The van der Waals surface area contributed by atoms with Crippen molar-refractivity contribution in [1.82, 2.24) is 5.43 Å². The highest BCUT2D eigenvalue weighted by Crippen LogP contribution is 2.17. The lowest BCUT2D eigenvalue weighted by molar-refractivity contribution is 0.102. The number of nitrogens with one attached hydrogen (secondary N) is 2. The fourth-order valence-corrected chi connectivity index (χ4v) is 2.24. The largest absolute Gasteiger partial charge is 0.442 e. The number of rotatable bonds is 3. The number of carbonyl (C=O) groups is 2. The summed E-state index contributed by atoms with van der Waals surface area (Å²) in [5.74, 6) is -1.27. The van der Waals surface area contributed by atoms with E-state index < -0.39 is 17.8 Å². The van der Waals surface area contributed by atoms with Gasteiger partial charge < -0.3 is 10.1 Å². The molecule has 1 heterocycles. The highest BCUT2D eigenvalue weighted by molar-refractivity contribution is 6.30. The van der Waals surface area contributed by atoms with Gasteiger partial charge >= 0.3 is 6.09 Å². The second kappa shape index (κ2) is 6.67. The summed E-state index contributed by atoms with van der Waals surface area (Å²) < 4.78 is 18.6. The molecule has 8 heteroatoms. The van der Waals surface area contributed by atoms with Crippen LogP contribution in [0.4, 0.5) is 14.9 Å². The second-order valence-corrected chi connectivity index (χ2v) is 5.34. The van der Waals surface area contributed by atoms with Gasteiger partial charge in [-0.1, -0.05) is 23.7 Å². The zero-order valence-electron chi connectivity index (χ0n) is 12.2. The topological polar surface area (TPSA) is 79.8 Å². The van der Waals surface area contributed by atoms with E-state index in [0.717, 1.165) is 11.6 Å². The monoisotopic (exact) mass is 347 g/mol. The van der Waals surface area contributed by atoms with Gasteiger partial charge in [-0.3, -0.25) is 4.79 Å². The summed E-state index contributed by atoms with van der Waals surface area (Å²) in [6.45, 7) is 0.0630. The molecular weight excluding hydrogens is 337 g/mol. The number of cyclic esters (lactones) is 1. The van der Waals surface area contributed by atoms with Crippen molar-refractivity contribution in [1.29, 1.82) is 0 Å². The summed E-state index contributed by atoms with van der Waals surface area (Å²) >= 11 is 5.66. The van der Waals surface area contributed by atoms with Crippen LogP contribution < -0.4 is 10.7 Å².